The van der Waals surface area contributed by atoms with Crippen molar-refractivity contribution < 1.29 is 29.0 Å². The molecule has 0 aliphatic rings. The molecular weight excluding hydrogens is 272 g/mol. The molecule has 0 aliphatic carbocycles. The van der Waals surface area contributed by atoms with Gasteiger partial charge in [0, 0.05) is 13.1 Å². The first-order valence-electron chi connectivity index (χ1n) is 5.66. The van der Waals surface area contributed by atoms with E-state index >= 15 is 0 Å². The normalized spacial score (nSPS) is 10.3. The Hall–Kier alpha value is -2.20. The molecule has 0 unspecified atom stereocenters. The van der Waals surface area contributed by atoms with E-state index in [1.54, 1.807) is 0 Å². The van der Waals surface area contributed by atoms with E-state index in [4.69, 9.17) is 10.8 Å². The lowest BCUT2D eigenvalue weighted by atomic mass is 10.4. The lowest BCUT2D eigenvalue weighted by molar-refractivity contribution is -0.139. The van der Waals surface area contributed by atoms with Crippen LogP contribution in [0.15, 0.2) is 0 Å². The molecule has 0 saturated carbocycles. The molecule has 0 aromatic carbocycles. The number of aliphatic carboxylic acids is 1. The summed E-state index contributed by atoms with van der Waals surface area (Å²) < 4.78 is 4.52. The third-order valence-electron chi connectivity index (χ3n) is 2.19. The zero-order valence-electron chi connectivity index (χ0n) is 10.9. The van der Waals surface area contributed by atoms with Gasteiger partial charge in [-0.2, -0.15) is 0 Å². The van der Waals surface area contributed by atoms with Crippen LogP contribution in [0.1, 0.15) is 0 Å². The van der Waals surface area contributed by atoms with Crippen LogP contribution in [-0.4, -0.2) is 79.2 Å². The van der Waals surface area contributed by atoms with E-state index in [-0.39, 0.29) is 46.1 Å². The number of carbonyl (C=O) groups is 4. The molecule has 114 valence electrons. The summed E-state index contributed by atoms with van der Waals surface area (Å²) in [4.78, 5) is 44.7. The number of carboxylic acid groups (broad SMARTS) is 1. The number of amides is 2. The Morgan fingerprint density at radius 1 is 1.20 bits per heavy atom. The fourth-order valence-corrected chi connectivity index (χ4v) is 1.40. The lowest BCUT2D eigenvalue weighted by Gasteiger charge is -2.24. The summed E-state index contributed by atoms with van der Waals surface area (Å²) in [6.45, 7) is 0.225. The molecule has 0 radical (unpaired) electrons. The first kappa shape index (κ1) is 17.8. The third-order valence-corrected chi connectivity index (χ3v) is 2.19. The maximum atomic E-state index is 10.8. The van der Waals surface area contributed by atoms with Crippen molar-refractivity contribution in [2.24, 2.45) is 5.73 Å². The Morgan fingerprint density at radius 2 is 1.85 bits per heavy atom. The molecule has 4 N–H and O–H groups in total. The van der Waals surface area contributed by atoms with Crippen molar-refractivity contribution >= 4 is 24.8 Å². The van der Waals surface area contributed by atoms with Crippen molar-refractivity contribution in [3.8, 4) is 0 Å². The van der Waals surface area contributed by atoms with Crippen LogP contribution in [0.5, 0.6) is 0 Å². The van der Waals surface area contributed by atoms with Gasteiger partial charge in [-0.05, 0) is 0 Å². The summed E-state index contributed by atoms with van der Waals surface area (Å²) in [7, 11) is 0. The van der Waals surface area contributed by atoms with Crippen molar-refractivity contribution in [3.63, 3.8) is 0 Å². The van der Waals surface area contributed by atoms with Gasteiger partial charge >= 0.3 is 5.97 Å². The van der Waals surface area contributed by atoms with E-state index in [0.29, 0.717) is 6.41 Å². The summed E-state index contributed by atoms with van der Waals surface area (Å²) in [6, 6.07) is 0. The van der Waals surface area contributed by atoms with Crippen molar-refractivity contribution in [2.75, 3.05) is 39.6 Å². The molecule has 10 nitrogen and oxygen atoms in total. The highest BCUT2D eigenvalue weighted by Crippen LogP contribution is 1.92. The van der Waals surface area contributed by atoms with Crippen LogP contribution < -0.4 is 11.1 Å². The predicted molar refractivity (Wildman–Crippen MR) is 66.1 cm³/mol. The zero-order valence-corrected chi connectivity index (χ0v) is 10.9. The fraction of sp³-hybridized carbons (Fsp3) is 0.600. The highest BCUT2D eigenvalue weighted by atomic mass is 16.5. The van der Waals surface area contributed by atoms with E-state index in [2.05, 4.69) is 10.1 Å². The van der Waals surface area contributed by atoms with E-state index < -0.39 is 11.9 Å². The second-order valence-electron chi connectivity index (χ2n) is 3.84. The lowest BCUT2D eigenvalue weighted by Crippen LogP contribution is -2.44. The molecule has 0 bridgehead atoms. The van der Waals surface area contributed by atoms with Crippen LogP contribution >= 0.6 is 0 Å². The number of nitrogens with zero attached hydrogens (tertiary/aromatic N) is 2. The average Bonchev–Trinajstić information content (AvgIpc) is 2.37. The Morgan fingerprint density at radius 3 is 2.35 bits per heavy atom. The minimum absolute atomic E-state index is 0.0503. The van der Waals surface area contributed by atoms with Gasteiger partial charge in [0.2, 0.25) is 12.3 Å². The Kier molecular flexibility index (Phi) is 9.52. The van der Waals surface area contributed by atoms with Gasteiger partial charge in [-0.15, -0.1) is 0 Å². The second-order valence-corrected chi connectivity index (χ2v) is 3.84. The van der Waals surface area contributed by atoms with Crippen LogP contribution in [0.4, 0.5) is 0 Å². The molecule has 0 rings (SSSR count). The van der Waals surface area contributed by atoms with Gasteiger partial charge in [0.15, 0.2) is 0 Å². The minimum Gasteiger partial charge on any atom is -0.480 e. The fourth-order valence-electron chi connectivity index (χ4n) is 1.40. The second kappa shape index (κ2) is 10.7. The minimum atomic E-state index is -1.05. The summed E-state index contributed by atoms with van der Waals surface area (Å²) in [5, 5.41) is 11.1. The van der Waals surface area contributed by atoms with Crippen molar-refractivity contribution in [3.05, 3.63) is 0 Å². The number of nitrogens with one attached hydrogen (secondary N) is 1. The molecule has 0 heterocycles. The Balaban J connectivity index is 4.33. The molecule has 0 fully saturated rings. The van der Waals surface area contributed by atoms with E-state index in [1.807, 2.05) is 0 Å². The van der Waals surface area contributed by atoms with Crippen molar-refractivity contribution in [2.45, 2.75) is 0 Å². The molecule has 0 aliphatic heterocycles. The van der Waals surface area contributed by atoms with Gasteiger partial charge in [0.05, 0.1) is 19.8 Å². The van der Waals surface area contributed by atoms with E-state index in [0.717, 1.165) is 0 Å². The van der Waals surface area contributed by atoms with E-state index in [9.17, 15) is 19.2 Å². The van der Waals surface area contributed by atoms with Crippen molar-refractivity contribution in [1.82, 2.24) is 15.1 Å². The summed E-state index contributed by atoms with van der Waals surface area (Å²) in [5.74, 6) is -1.65. The highest BCUT2D eigenvalue weighted by molar-refractivity contribution is 5.75. The Bertz CT molecular complexity index is 306. The standard InChI is InChI=1S/C10H18N4O6/c11-9(17)3-14(7-20-8-16)2-1-13(4-10(18)19)5-12-6-15/h6,8H,1-5,7H2,(H2,11,17)(H,12,15)(H,18,19). The smallest absolute Gasteiger partial charge is 0.317 e. The number of carbonyl (C=O) groups excluding carboxylic acids is 3. The van der Waals surface area contributed by atoms with Gasteiger partial charge < -0.3 is 20.9 Å². The quantitative estimate of drug-likeness (QED) is 0.240. The Labute approximate surface area is 115 Å². The van der Waals surface area contributed by atoms with Gasteiger partial charge in [-0.3, -0.25) is 29.0 Å². The zero-order chi connectivity index (χ0) is 15.4. The summed E-state index contributed by atoms with van der Waals surface area (Å²) in [6.07, 6.45) is 0.450. The first-order valence-corrected chi connectivity index (χ1v) is 5.66. The topological polar surface area (TPSA) is 142 Å². The number of ether oxygens (including phenoxy) is 1. The maximum Gasteiger partial charge on any atom is 0.317 e. The molecule has 20 heavy (non-hydrogen) atoms. The first-order chi connectivity index (χ1) is 9.49. The molecular formula is C10H18N4O6. The number of hydrogen-bond donors (Lipinski definition) is 3. The third kappa shape index (κ3) is 9.79. The number of nitrogens with two attached hydrogens (primary N) is 1. The van der Waals surface area contributed by atoms with Crippen LogP contribution in [0.2, 0.25) is 0 Å². The van der Waals surface area contributed by atoms with Gasteiger partial charge in [0.25, 0.3) is 6.47 Å². The van der Waals surface area contributed by atoms with E-state index in [1.165, 1.54) is 9.80 Å². The van der Waals surface area contributed by atoms with Crippen LogP contribution in [0, 0.1) is 0 Å². The number of primary amides is 1. The van der Waals surface area contributed by atoms with Crippen molar-refractivity contribution in [1.29, 1.82) is 0 Å². The monoisotopic (exact) mass is 290 g/mol. The summed E-state index contributed by atoms with van der Waals surface area (Å²) in [5.41, 5.74) is 5.04. The largest absolute Gasteiger partial charge is 0.480 e. The van der Waals surface area contributed by atoms with Crippen LogP contribution in [-0.2, 0) is 23.9 Å². The molecule has 0 spiro atoms. The number of rotatable bonds is 13. The SMILES string of the molecule is NC(=O)CN(CCN(CNC=O)CC(=O)O)COC=O. The average molecular weight is 290 g/mol. The molecule has 10 heteroatoms. The van der Waals surface area contributed by atoms with Crippen LogP contribution in [0.3, 0.4) is 0 Å². The molecule has 0 saturated heterocycles. The molecule has 0 aromatic rings. The maximum absolute atomic E-state index is 10.8. The van der Waals surface area contributed by atoms with Crippen LogP contribution in [0.25, 0.3) is 0 Å². The van der Waals surface area contributed by atoms with Gasteiger partial charge in [0.1, 0.15) is 6.73 Å². The predicted octanol–water partition coefficient (Wildman–Crippen LogP) is -3.01. The van der Waals surface area contributed by atoms with Gasteiger partial charge in [-0.25, -0.2) is 0 Å². The van der Waals surface area contributed by atoms with Gasteiger partial charge in [-0.1, -0.05) is 0 Å². The molecule has 0 atom stereocenters. The summed E-state index contributed by atoms with van der Waals surface area (Å²) >= 11 is 0. The number of hydrogen-bond acceptors (Lipinski definition) is 7. The number of carboxylic acids is 1. The molecule has 2 amide bonds. The molecule has 0 aromatic heterocycles. The highest BCUT2D eigenvalue weighted by Gasteiger charge is 2.13.